The first kappa shape index (κ1) is 26.2. The molecule has 0 saturated carbocycles. The summed E-state index contributed by atoms with van der Waals surface area (Å²) in [4.78, 5) is 21.1. The van der Waals surface area contributed by atoms with E-state index in [4.69, 9.17) is 42.3 Å². The number of aliphatic hydroxyl groups is 1. The van der Waals surface area contributed by atoms with Gasteiger partial charge in [-0.05, 0) is 26.0 Å². The summed E-state index contributed by atoms with van der Waals surface area (Å²) in [5.41, 5.74) is 4.67. The predicted octanol–water partition coefficient (Wildman–Crippen LogP) is 5.98. The van der Waals surface area contributed by atoms with Crippen LogP contribution in [0.15, 0.2) is 33.1 Å². The summed E-state index contributed by atoms with van der Waals surface area (Å²) < 4.78 is 8.11. The Morgan fingerprint density at radius 2 is 1.94 bits per heavy atom. The second-order valence-corrected chi connectivity index (χ2v) is 10.9. The number of aromatic nitrogens is 4. The number of thiazole rings is 1. The summed E-state index contributed by atoms with van der Waals surface area (Å²) in [6.07, 6.45) is 2.15. The minimum Gasteiger partial charge on any atom is -0.390 e. The van der Waals surface area contributed by atoms with E-state index in [1.165, 1.54) is 0 Å². The molecule has 0 spiro atoms. The second-order valence-electron chi connectivity index (χ2n) is 7.30. The maximum atomic E-state index is 9.62. The molecule has 12 heteroatoms. The van der Waals surface area contributed by atoms with E-state index in [2.05, 4.69) is 24.1 Å². The molecule has 8 nitrogen and oxygen atoms in total. The van der Waals surface area contributed by atoms with Crippen molar-refractivity contribution in [3.63, 3.8) is 0 Å². The van der Waals surface area contributed by atoms with E-state index in [-0.39, 0.29) is 12.8 Å². The van der Waals surface area contributed by atoms with Gasteiger partial charge >= 0.3 is 6.15 Å². The van der Waals surface area contributed by atoms with Gasteiger partial charge in [0.15, 0.2) is 0 Å². The molecule has 0 amide bonds. The number of nitrogens with zero attached hydrogens (tertiary/aromatic N) is 4. The van der Waals surface area contributed by atoms with E-state index in [1.54, 1.807) is 33.8 Å². The van der Waals surface area contributed by atoms with Gasteiger partial charge in [0, 0.05) is 22.6 Å². The van der Waals surface area contributed by atoms with Crippen molar-refractivity contribution in [2.24, 2.45) is 0 Å². The highest BCUT2D eigenvalue weighted by atomic mass is 35.5. The van der Waals surface area contributed by atoms with Crippen molar-refractivity contribution in [2.75, 3.05) is 0 Å². The van der Waals surface area contributed by atoms with Crippen molar-refractivity contribution in [1.82, 2.24) is 19.9 Å². The number of rotatable bonds is 6. The lowest BCUT2D eigenvalue weighted by atomic mass is 10.1. The van der Waals surface area contributed by atoms with Crippen LogP contribution in [-0.2, 0) is 16.2 Å². The van der Waals surface area contributed by atoms with Crippen LogP contribution < -0.4 is 0 Å². The highest BCUT2D eigenvalue weighted by Crippen LogP contribution is 2.41. The van der Waals surface area contributed by atoms with Gasteiger partial charge in [0.25, 0.3) is 0 Å². The minimum atomic E-state index is -0.203. The van der Waals surface area contributed by atoms with Crippen LogP contribution in [0, 0.1) is 13.8 Å². The Morgan fingerprint density at radius 1 is 1.24 bits per heavy atom. The van der Waals surface area contributed by atoms with Crippen LogP contribution in [0.1, 0.15) is 31.0 Å². The first-order valence-electron chi connectivity index (χ1n) is 9.95. The number of carbonyl (C=O) groups excluding carboxylic acids is 2. The van der Waals surface area contributed by atoms with Gasteiger partial charge in [-0.2, -0.15) is 14.7 Å². The summed E-state index contributed by atoms with van der Waals surface area (Å²) in [5.74, 6) is 0.637. The van der Waals surface area contributed by atoms with E-state index in [0.717, 1.165) is 37.4 Å². The second kappa shape index (κ2) is 11.3. The summed E-state index contributed by atoms with van der Waals surface area (Å²) in [5, 5.41) is 20.3. The average molecular weight is 539 g/mol. The number of thioether (sulfide) groups is 1. The fourth-order valence-electron chi connectivity index (χ4n) is 3.19. The van der Waals surface area contributed by atoms with Gasteiger partial charge in [0.2, 0.25) is 5.13 Å². The number of benzene rings is 1. The van der Waals surface area contributed by atoms with Crippen molar-refractivity contribution in [1.29, 1.82) is 0 Å². The van der Waals surface area contributed by atoms with Crippen LogP contribution in [-0.4, -0.2) is 36.4 Å². The van der Waals surface area contributed by atoms with Crippen molar-refractivity contribution < 1.29 is 19.2 Å². The van der Waals surface area contributed by atoms with E-state index >= 15 is 0 Å². The molecule has 0 aliphatic rings. The lowest BCUT2D eigenvalue weighted by Gasteiger charge is -2.05. The van der Waals surface area contributed by atoms with E-state index in [1.807, 2.05) is 32.2 Å². The molecule has 4 aromatic rings. The fraction of sp³-hybridized carbons (Fsp3) is 0.273. The molecule has 0 saturated heterocycles. The number of hydrogen-bond acceptors (Lipinski definition) is 9. The molecule has 0 aliphatic heterocycles. The summed E-state index contributed by atoms with van der Waals surface area (Å²) in [6.45, 7) is 7.82. The zero-order valence-corrected chi connectivity index (χ0v) is 21.8. The zero-order valence-electron chi connectivity index (χ0n) is 18.6. The molecule has 0 radical (unpaired) electrons. The van der Waals surface area contributed by atoms with Gasteiger partial charge in [-0.15, -0.1) is 11.8 Å². The molecule has 0 aliphatic carbocycles. The Labute approximate surface area is 213 Å². The molecule has 1 N–H and O–H groups in total. The third kappa shape index (κ3) is 5.60. The topological polar surface area (TPSA) is 111 Å². The average Bonchev–Trinajstić information content (AvgIpc) is 3.47. The summed E-state index contributed by atoms with van der Waals surface area (Å²) >= 11 is 15.7. The van der Waals surface area contributed by atoms with Crippen LogP contribution in [0.5, 0.6) is 0 Å². The third-order valence-corrected chi connectivity index (χ3v) is 7.56. The third-order valence-electron chi connectivity index (χ3n) is 4.57. The fourth-order valence-corrected chi connectivity index (χ4v) is 5.93. The highest BCUT2D eigenvalue weighted by molar-refractivity contribution is 8.01. The van der Waals surface area contributed by atoms with Crippen molar-refractivity contribution in [3.8, 4) is 27.5 Å². The minimum absolute atomic E-state index is 0.203. The van der Waals surface area contributed by atoms with Crippen LogP contribution in [0.2, 0.25) is 10.0 Å². The molecule has 0 unspecified atom stereocenters. The highest BCUT2D eigenvalue weighted by Gasteiger charge is 2.22. The molecule has 0 atom stereocenters. The molecular weight excluding hydrogens is 519 g/mol. The maximum absolute atomic E-state index is 9.62. The molecular formula is C22H20Cl2N4O4S2. The normalized spacial score (nSPS) is 10.8. The smallest absolute Gasteiger partial charge is 0.373 e. The SMILES string of the molecule is Cc1nn(-c2nc(-c3ccc(Cl)c(Cl)c3)c(SC(C)C)s2)cc1-c1c(CO)noc1C.O=C=O. The first-order chi connectivity index (χ1) is 16.2. The predicted molar refractivity (Wildman–Crippen MR) is 132 cm³/mol. The number of hydrogen-bond donors (Lipinski definition) is 1. The van der Waals surface area contributed by atoms with Crippen molar-refractivity contribution >= 4 is 52.5 Å². The lowest BCUT2D eigenvalue weighted by Crippen LogP contribution is -1.94. The van der Waals surface area contributed by atoms with Gasteiger partial charge in [-0.3, -0.25) is 0 Å². The van der Waals surface area contributed by atoms with Gasteiger partial charge in [0.05, 0.1) is 37.8 Å². The standard InChI is InChI=1S/C21H20Cl2N4O2S2.CO2/c1-10(2)30-20-19(13-5-6-15(22)16(23)7-13)24-21(31-20)27-8-14(11(3)25-27)18-12(4)29-26-17(18)9-28;2-1-3/h5-8,10,28H,9H2,1-4H3;. The first-order valence-corrected chi connectivity index (χ1v) is 12.4. The largest absolute Gasteiger partial charge is 0.390 e. The van der Waals surface area contributed by atoms with Gasteiger partial charge in [-0.25, -0.2) is 9.67 Å². The van der Waals surface area contributed by atoms with Crippen LogP contribution in [0.3, 0.4) is 0 Å². The van der Waals surface area contributed by atoms with Crippen LogP contribution in [0.4, 0.5) is 0 Å². The molecule has 0 fully saturated rings. The zero-order chi connectivity index (χ0) is 25.0. The number of halogens is 2. The Hall–Kier alpha value is -2.46. The van der Waals surface area contributed by atoms with Crippen LogP contribution in [0.25, 0.3) is 27.5 Å². The Kier molecular flexibility index (Phi) is 8.70. The van der Waals surface area contributed by atoms with Crippen LogP contribution >= 0.6 is 46.3 Å². The number of aliphatic hydroxyl groups excluding tert-OH is 1. The Bertz CT molecular complexity index is 1340. The molecule has 3 heterocycles. The van der Waals surface area contributed by atoms with Gasteiger partial charge in [0.1, 0.15) is 11.5 Å². The molecule has 4 rings (SSSR count). The van der Waals surface area contributed by atoms with E-state index < -0.39 is 0 Å². The van der Waals surface area contributed by atoms with Gasteiger partial charge < -0.3 is 9.63 Å². The van der Waals surface area contributed by atoms with Crippen molar-refractivity contribution in [3.05, 3.63) is 51.6 Å². The van der Waals surface area contributed by atoms with E-state index in [9.17, 15) is 5.11 Å². The molecule has 178 valence electrons. The van der Waals surface area contributed by atoms with Crippen molar-refractivity contribution in [2.45, 2.75) is 43.8 Å². The summed E-state index contributed by atoms with van der Waals surface area (Å²) in [7, 11) is 0. The van der Waals surface area contributed by atoms with E-state index in [0.29, 0.717) is 26.7 Å². The lowest BCUT2D eigenvalue weighted by molar-refractivity contribution is -0.191. The Balaban J connectivity index is 0.00000103. The molecule has 3 aromatic heterocycles. The monoisotopic (exact) mass is 538 g/mol. The summed E-state index contributed by atoms with van der Waals surface area (Å²) in [6, 6.07) is 5.54. The molecule has 1 aromatic carbocycles. The number of aryl methyl sites for hydroxylation is 2. The molecule has 34 heavy (non-hydrogen) atoms. The Morgan fingerprint density at radius 3 is 2.56 bits per heavy atom. The van der Waals surface area contributed by atoms with Gasteiger partial charge in [-0.1, -0.05) is 59.6 Å². The quantitative estimate of drug-likeness (QED) is 0.298. The maximum Gasteiger partial charge on any atom is 0.373 e. The molecule has 0 bridgehead atoms.